The molecule has 6 heteroatoms. The third-order valence-corrected chi connectivity index (χ3v) is 3.85. The van der Waals surface area contributed by atoms with Gasteiger partial charge in [0.05, 0.1) is 0 Å². The van der Waals surface area contributed by atoms with Gasteiger partial charge in [-0.25, -0.2) is 0 Å². The van der Waals surface area contributed by atoms with E-state index < -0.39 is 10.4 Å². The molecule has 0 aliphatic heterocycles. The van der Waals surface area contributed by atoms with Crippen LogP contribution in [0.1, 0.15) is 110 Å². The molecule has 4 nitrogen and oxygen atoms in total. The summed E-state index contributed by atoms with van der Waals surface area (Å²) in [5.74, 6) is 0. The van der Waals surface area contributed by atoms with E-state index in [9.17, 15) is 0 Å². The van der Waals surface area contributed by atoms with Crippen LogP contribution >= 0.6 is 0 Å². The second-order valence-electron chi connectivity index (χ2n) is 6.21. The quantitative estimate of drug-likeness (QED) is 0.146. The predicted octanol–water partition coefficient (Wildman–Crippen LogP) is 2.75. The third kappa shape index (κ3) is 43.4. The van der Waals surface area contributed by atoms with Gasteiger partial charge in [0.2, 0.25) is 0 Å². The summed E-state index contributed by atoms with van der Waals surface area (Å²) < 4.78 is 34.1. The van der Waals surface area contributed by atoms with Gasteiger partial charge in [-0.3, -0.25) is 8.42 Å². The summed E-state index contributed by atoms with van der Waals surface area (Å²) in [6.07, 6.45) is 22.8. The van der Waals surface area contributed by atoms with Gasteiger partial charge in [0, 0.05) is 10.4 Å². The Morgan fingerprint density at radius 3 is 1.04 bits per heavy atom. The Hall–Kier alpha value is 0.870. The molecule has 0 heterocycles. The molecule has 0 fully saturated rings. The van der Waals surface area contributed by atoms with Gasteiger partial charge in [0.15, 0.2) is 0 Å². The van der Waals surface area contributed by atoms with Crippen molar-refractivity contribution in [1.29, 1.82) is 0 Å². The Balaban J connectivity index is -0.000000639. The van der Waals surface area contributed by atoms with Crippen molar-refractivity contribution in [3.05, 3.63) is 6.92 Å². The fraction of sp³-hybridized carbons (Fsp3) is 0.944. The molecule has 0 bridgehead atoms. The van der Waals surface area contributed by atoms with Gasteiger partial charge in [-0.05, 0) is 0 Å². The number of hydrogen-bond donors (Lipinski definition) is 0. The summed E-state index contributed by atoms with van der Waals surface area (Å²) in [5.41, 5.74) is 0. The summed E-state index contributed by atoms with van der Waals surface area (Å²) in [6, 6.07) is 0. The summed E-state index contributed by atoms with van der Waals surface area (Å²) in [4.78, 5) is 0. The first-order valence-corrected chi connectivity index (χ1v) is 10.7. The maximum absolute atomic E-state index is 8.52. The summed E-state index contributed by atoms with van der Waals surface area (Å²) in [7, 11) is -5.17. The maximum atomic E-state index is 8.52. The largest absolute Gasteiger partial charge is 1.00 e. The van der Waals surface area contributed by atoms with Crippen LogP contribution in [-0.4, -0.2) is 17.5 Å². The SMILES string of the molecule is O=S(=O)([O-])[O-].[CH2-]CCCCCCCCCCCCCCCCC.[Na+]. The monoisotopic (exact) mass is 372 g/mol. The van der Waals surface area contributed by atoms with Gasteiger partial charge in [0.1, 0.15) is 0 Å². The van der Waals surface area contributed by atoms with Gasteiger partial charge < -0.3 is 16.0 Å². The minimum Gasteiger partial charge on any atom is -0.759 e. The first kappa shape index (κ1) is 29.6. The first-order chi connectivity index (χ1) is 10.9. The molecule has 0 spiro atoms. The van der Waals surface area contributed by atoms with Crippen LogP contribution in [0.5, 0.6) is 0 Å². The Labute approximate surface area is 173 Å². The summed E-state index contributed by atoms with van der Waals surface area (Å²) in [5, 5.41) is 0. The molecule has 0 atom stereocenters. The molecule has 0 aromatic rings. The predicted molar refractivity (Wildman–Crippen MR) is 95.4 cm³/mol. The molecule has 0 N–H and O–H groups in total. The fourth-order valence-corrected chi connectivity index (χ4v) is 2.55. The molecule has 0 aromatic carbocycles. The van der Waals surface area contributed by atoms with E-state index in [1.165, 1.54) is 96.3 Å². The molecule has 0 radical (unpaired) electrons. The van der Waals surface area contributed by atoms with Crippen molar-refractivity contribution in [1.82, 2.24) is 0 Å². The van der Waals surface area contributed by atoms with Crippen LogP contribution in [0.4, 0.5) is 0 Å². The van der Waals surface area contributed by atoms with Crippen molar-refractivity contribution in [3.8, 4) is 0 Å². The molecule has 0 unspecified atom stereocenters. The normalized spacial score (nSPS) is 10.7. The van der Waals surface area contributed by atoms with Crippen LogP contribution in [0.15, 0.2) is 0 Å². The molecule has 0 aromatic heterocycles. The van der Waals surface area contributed by atoms with E-state index in [1.54, 1.807) is 0 Å². The summed E-state index contributed by atoms with van der Waals surface area (Å²) in [6.45, 7) is 6.18. The van der Waals surface area contributed by atoms with Crippen LogP contribution in [0, 0.1) is 6.92 Å². The molecule has 0 amide bonds. The van der Waals surface area contributed by atoms with Gasteiger partial charge in [0.25, 0.3) is 0 Å². The van der Waals surface area contributed by atoms with E-state index >= 15 is 0 Å². The molecule has 0 aliphatic rings. The molecule has 0 saturated heterocycles. The van der Waals surface area contributed by atoms with Crippen molar-refractivity contribution in [3.63, 3.8) is 0 Å². The minimum absolute atomic E-state index is 0. The second-order valence-corrected chi connectivity index (χ2v) is 7.03. The van der Waals surface area contributed by atoms with Crippen LogP contribution in [0.2, 0.25) is 0 Å². The van der Waals surface area contributed by atoms with Gasteiger partial charge in [-0.1, -0.05) is 103 Å². The molecule has 0 rings (SSSR count). The van der Waals surface area contributed by atoms with E-state index in [1.807, 2.05) is 0 Å². The van der Waals surface area contributed by atoms with E-state index in [0.717, 1.165) is 6.42 Å². The number of hydrogen-bond acceptors (Lipinski definition) is 4. The zero-order valence-corrected chi connectivity index (χ0v) is 18.9. The minimum atomic E-state index is -5.17. The smallest absolute Gasteiger partial charge is 0.759 e. The zero-order valence-electron chi connectivity index (χ0n) is 16.1. The van der Waals surface area contributed by atoms with E-state index in [4.69, 9.17) is 17.5 Å². The van der Waals surface area contributed by atoms with E-state index in [-0.39, 0.29) is 29.6 Å². The van der Waals surface area contributed by atoms with Crippen molar-refractivity contribution < 1.29 is 47.1 Å². The standard InChI is InChI=1S/C18H37.Na.H2O4S/c1-3-5-7-9-11-13-15-17-18-16-14-12-10-8-6-4-2;;1-5(2,3)4/h1,3-18H2,2H3;;(H2,1,2,3,4)/q-1;+1;/p-2. The second kappa shape index (κ2) is 23.9. The van der Waals surface area contributed by atoms with Crippen LogP contribution < -0.4 is 29.6 Å². The Bertz CT molecular complexity index is 284. The maximum Gasteiger partial charge on any atom is 1.00 e. The molecule has 142 valence electrons. The van der Waals surface area contributed by atoms with Crippen LogP contribution in [0.3, 0.4) is 0 Å². The molecule has 24 heavy (non-hydrogen) atoms. The van der Waals surface area contributed by atoms with E-state index in [0.29, 0.717) is 0 Å². The van der Waals surface area contributed by atoms with Gasteiger partial charge in [-0.2, -0.15) is 6.42 Å². The van der Waals surface area contributed by atoms with Crippen molar-refractivity contribution in [2.75, 3.05) is 0 Å². The van der Waals surface area contributed by atoms with Crippen molar-refractivity contribution in [2.45, 2.75) is 110 Å². The average molecular weight is 373 g/mol. The molecule has 0 aliphatic carbocycles. The van der Waals surface area contributed by atoms with E-state index in [2.05, 4.69) is 13.8 Å². The fourth-order valence-electron chi connectivity index (χ4n) is 2.55. The van der Waals surface area contributed by atoms with Crippen LogP contribution in [-0.2, 0) is 10.4 Å². The average Bonchev–Trinajstić information content (AvgIpc) is 2.46. The summed E-state index contributed by atoms with van der Waals surface area (Å²) >= 11 is 0. The topological polar surface area (TPSA) is 80.3 Å². The zero-order chi connectivity index (χ0) is 17.8. The molecular formula is C18H37NaO4S-2. The Morgan fingerprint density at radius 2 is 0.833 bits per heavy atom. The Morgan fingerprint density at radius 1 is 0.625 bits per heavy atom. The molecular weight excluding hydrogens is 335 g/mol. The first-order valence-electron chi connectivity index (χ1n) is 9.37. The number of unbranched alkanes of at least 4 members (excludes halogenated alkanes) is 15. The molecule has 0 saturated carbocycles. The van der Waals surface area contributed by atoms with Gasteiger partial charge in [-0.15, -0.1) is 0 Å². The van der Waals surface area contributed by atoms with Crippen molar-refractivity contribution in [2.24, 2.45) is 0 Å². The van der Waals surface area contributed by atoms with Gasteiger partial charge >= 0.3 is 29.6 Å². The van der Waals surface area contributed by atoms with Crippen molar-refractivity contribution >= 4 is 10.4 Å². The third-order valence-electron chi connectivity index (χ3n) is 3.85. The Kier molecular flexibility index (Phi) is 29.5. The van der Waals surface area contributed by atoms with Crippen LogP contribution in [0.25, 0.3) is 0 Å². The number of rotatable bonds is 15.